The molecule has 2 N–H and O–H groups in total. The minimum absolute atomic E-state index is 0.535. The maximum Gasteiger partial charge on any atom is 0.156 e. The fraction of sp³-hybridized carbons (Fsp3) is 0.208. The van der Waals surface area contributed by atoms with E-state index in [1.54, 1.807) is 12.5 Å². The predicted molar refractivity (Wildman–Crippen MR) is 119 cm³/mol. The second-order valence-electron chi connectivity index (χ2n) is 8.06. The number of aromatic nitrogens is 5. The third-order valence-corrected chi connectivity index (χ3v) is 5.79. The van der Waals surface area contributed by atoms with Gasteiger partial charge in [-0.25, -0.2) is 4.68 Å². The van der Waals surface area contributed by atoms with E-state index in [0.717, 1.165) is 40.1 Å². The Labute approximate surface area is 179 Å². The van der Waals surface area contributed by atoms with Gasteiger partial charge in [-0.05, 0) is 36.6 Å². The predicted octanol–water partition coefficient (Wildman–Crippen LogP) is 4.95. The fourth-order valence-electron chi connectivity index (χ4n) is 4.04. The standard InChI is InChI=1S/C24H22N6O/c1-2-4-16(5-3-1)14-30-23(18-6-7-18)22(27-29-30)19-8-9-21-20(12-19)24(28-26-21)25-13-17-10-11-31-15-17/h1-5,8-12,15,18H,6-7,13-14H2,(H2,25,26,28). The zero-order chi connectivity index (χ0) is 20.6. The Kier molecular flexibility index (Phi) is 4.30. The molecule has 0 spiro atoms. The van der Waals surface area contributed by atoms with Crippen molar-refractivity contribution in [3.63, 3.8) is 0 Å². The van der Waals surface area contributed by atoms with Gasteiger partial charge in [-0.1, -0.05) is 41.6 Å². The highest BCUT2D eigenvalue weighted by Crippen LogP contribution is 2.44. The Morgan fingerprint density at radius 3 is 2.77 bits per heavy atom. The molecule has 3 heterocycles. The number of fused-ring (bicyclic) bond motifs is 1. The van der Waals surface area contributed by atoms with Gasteiger partial charge in [0.2, 0.25) is 0 Å². The van der Waals surface area contributed by atoms with Crippen molar-refractivity contribution in [2.45, 2.75) is 31.8 Å². The lowest BCUT2D eigenvalue weighted by molar-refractivity contribution is 0.564. The number of aromatic amines is 1. The first-order valence-corrected chi connectivity index (χ1v) is 10.6. The van der Waals surface area contributed by atoms with Gasteiger partial charge in [0.1, 0.15) is 5.69 Å². The molecular weight excluding hydrogens is 388 g/mol. The van der Waals surface area contributed by atoms with E-state index in [-0.39, 0.29) is 0 Å². The maximum absolute atomic E-state index is 5.15. The molecule has 154 valence electrons. The number of nitrogens with one attached hydrogen (secondary N) is 2. The average molecular weight is 410 g/mol. The van der Waals surface area contributed by atoms with Gasteiger partial charge in [-0.3, -0.25) is 5.10 Å². The molecule has 1 aliphatic carbocycles. The Morgan fingerprint density at radius 2 is 1.97 bits per heavy atom. The van der Waals surface area contributed by atoms with E-state index in [2.05, 4.69) is 73.0 Å². The summed E-state index contributed by atoms with van der Waals surface area (Å²) in [4.78, 5) is 0. The molecule has 0 unspecified atom stereocenters. The van der Waals surface area contributed by atoms with Crippen molar-refractivity contribution < 1.29 is 4.42 Å². The zero-order valence-corrected chi connectivity index (χ0v) is 17.0. The molecule has 0 saturated heterocycles. The summed E-state index contributed by atoms with van der Waals surface area (Å²) in [6.45, 7) is 1.40. The first-order valence-electron chi connectivity index (χ1n) is 10.6. The number of anilines is 1. The molecular formula is C24H22N6O. The van der Waals surface area contributed by atoms with E-state index in [4.69, 9.17) is 4.42 Å². The van der Waals surface area contributed by atoms with Crippen LogP contribution < -0.4 is 5.32 Å². The quantitative estimate of drug-likeness (QED) is 0.396. The van der Waals surface area contributed by atoms with E-state index >= 15 is 0 Å². The number of benzene rings is 2. The summed E-state index contributed by atoms with van der Waals surface area (Å²) >= 11 is 0. The average Bonchev–Trinajstić information content (AvgIpc) is 3.18. The van der Waals surface area contributed by atoms with Crippen LogP contribution in [0.4, 0.5) is 5.82 Å². The minimum atomic E-state index is 0.535. The number of hydrogen-bond donors (Lipinski definition) is 2. The van der Waals surface area contributed by atoms with Crippen molar-refractivity contribution in [1.82, 2.24) is 25.2 Å². The molecule has 1 fully saturated rings. The fourth-order valence-corrected chi connectivity index (χ4v) is 4.04. The molecule has 6 rings (SSSR count). The second kappa shape index (κ2) is 7.43. The van der Waals surface area contributed by atoms with E-state index in [1.165, 1.54) is 24.1 Å². The van der Waals surface area contributed by atoms with Gasteiger partial charge in [0.25, 0.3) is 0 Å². The zero-order valence-electron chi connectivity index (χ0n) is 17.0. The lowest BCUT2D eigenvalue weighted by Crippen LogP contribution is -2.06. The highest BCUT2D eigenvalue weighted by Gasteiger charge is 2.32. The summed E-state index contributed by atoms with van der Waals surface area (Å²) in [6, 6.07) is 18.7. The third kappa shape index (κ3) is 3.48. The van der Waals surface area contributed by atoms with Crippen molar-refractivity contribution in [3.8, 4) is 11.3 Å². The van der Waals surface area contributed by atoms with E-state index in [9.17, 15) is 0 Å². The van der Waals surface area contributed by atoms with Gasteiger partial charge in [-0.2, -0.15) is 5.10 Å². The molecule has 0 amide bonds. The molecule has 5 aromatic rings. The van der Waals surface area contributed by atoms with Crippen LogP contribution in [0.25, 0.3) is 22.2 Å². The molecule has 0 bridgehead atoms. The molecule has 7 heteroatoms. The molecule has 2 aromatic carbocycles. The molecule has 7 nitrogen and oxygen atoms in total. The van der Waals surface area contributed by atoms with E-state index in [0.29, 0.717) is 12.5 Å². The minimum Gasteiger partial charge on any atom is -0.472 e. The van der Waals surface area contributed by atoms with Gasteiger partial charge >= 0.3 is 0 Å². The molecule has 1 saturated carbocycles. The van der Waals surface area contributed by atoms with Crippen LogP contribution in [0.2, 0.25) is 0 Å². The highest BCUT2D eigenvalue weighted by molar-refractivity contribution is 5.93. The number of rotatable bonds is 7. The van der Waals surface area contributed by atoms with Crippen LogP contribution in [0.15, 0.2) is 71.5 Å². The topological polar surface area (TPSA) is 84.6 Å². The largest absolute Gasteiger partial charge is 0.472 e. The number of hydrogen-bond acceptors (Lipinski definition) is 5. The summed E-state index contributed by atoms with van der Waals surface area (Å²) in [5.41, 5.74) is 6.58. The van der Waals surface area contributed by atoms with Crippen molar-refractivity contribution >= 4 is 16.7 Å². The van der Waals surface area contributed by atoms with Gasteiger partial charge in [0.05, 0.1) is 30.3 Å². The van der Waals surface area contributed by atoms with E-state index < -0.39 is 0 Å². The summed E-state index contributed by atoms with van der Waals surface area (Å²) in [6.07, 6.45) is 5.80. The SMILES string of the molecule is c1ccc(Cn2nnc(-c3ccc4[nH]nc(NCc5ccoc5)c4c3)c2C2CC2)cc1. The van der Waals surface area contributed by atoms with Crippen molar-refractivity contribution in [3.05, 3.63) is 83.9 Å². The normalized spacial score (nSPS) is 13.7. The number of H-pyrrole nitrogens is 1. The lowest BCUT2D eigenvalue weighted by Gasteiger charge is -2.08. The van der Waals surface area contributed by atoms with Crippen LogP contribution >= 0.6 is 0 Å². The number of furan rings is 1. The lowest BCUT2D eigenvalue weighted by atomic mass is 10.1. The summed E-state index contributed by atoms with van der Waals surface area (Å²) in [5.74, 6) is 1.36. The number of nitrogens with zero attached hydrogens (tertiary/aromatic N) is 4. The van der Waals surface area contributed by atoms with Crippen molar-refractivity contribution in [2.75, 3.05) is 5.32 Å². The first kappa shape index (κ1) is 17.9. The van der Waals surface area contributed by atoms with Crippen LogP contribution in [0.5, 0.6) is 0 Å². The summed E-state index contributed by atoms with van der Waals surface area (Å²) < 4.78 is 7.22. The molecule has 31 heavy (non-hydrogen) atoms. The second-order valence-corrected chi connectivity index (χ2v) is 8.06. The smallest absolute Gasteiger partial charge is 0.156 e. The maximum atomic E-state index is 5.15. The van der Waals surface area contributed by atoms with Crippen molar-refractivity contribution in [1.29, 1.82) is 0 Å². The summed E-state index contributed by atoms with van der Waals surface area (Å²) in [5, 5.41) is 21.1. The van der Waals surface area contributed by atoms with Crippen LogP contribution in [0.3, 0.4) is 0 Å². The van der Waals surface area contributed by atoms with Crippen LogP contribution in [0, 0.1) is 0 Å². The first-order chi connectivity index (χ1) is 15.3. The monoisotopic (exact) mass is 410 g/mol. The Balaban J connectivity index is 1.34. The highest BCUT2D eigenvalue weighted by atomic mass is 16.3. The third-order valence-electron chi connectivity index (χ3n) is 5.79. The Morgan fingerprint density at radius 1 is 1.06 bits per heavy atom. The molecule has 0 atom stereocenters. The molecule has 0 aliphatic heterocycles. The summed E-state index contributed by atoms with van der Waals surface area (Å²) in [7, 11) is 0. The van der Waals surface area contributed by atoms with Gasteiger partial charge in [-0.15, -0.1) is 5.10 Å². The Bertz CT molecular complexity index is 1320. The van der Waals surface area contributed by atoms with Gasteiger partial charge in [0.15, 0.2) is 5.82 Å². The Hall–Kier alpha value is -3.87. The van der Waals surface area contributed by atoms with Crippen LogP contribution in [0.1, 0.15) is 35.6 Å². The van der Waals surface area contributed by atoms with Gasteiger partial charge < -0.3 is 9.73 Å². The molecule has 0 radical (unpaired) electrons. The molecule has 3 aromatic heterocycles. The van der Waals surface area contributed by atoms with Crippen LogP contribution in [-0.4, -0.2) is 25.2 Å². The van der Waals surface area contributed by atoms with Gasteiger partial charge in [0, 0.05) is 29.0 Å². The molecule has 1 aliphatic rings. The van der Waals surface area contributed by atoms with Crippen molar-refractivity contribution in [2.24, 2.45) is 0 Å². The van der Waals surface area contributed by atoms with E-state index in [1.807, 2.05) is 12.1 Å². The van der Waals surface area contributed by atoms with Crippen LogP contribution in [-0.2, 0) is 13.1 Å².